The molecule has 0 aliphatic carbocycles. The van der Waals surface area contributed by atoms with Crippen LogP contribution in [0.1, 0.15) is 12.8 Å². The number of carbonyl (C=O) groups is 1. The van der Waals surface area contributed by atoms with Gasteiger partial charge in [-0.3, -0.25) is 4.57 Å². The van der Waals surface area contributed by atoms with Gasteiger partial charge in [0.2, 0.25) is 0 Å². The monoisotopic (exact) mass is 567 g/mol. The molecular weight excluding hydrogens is 541 g/mol. The molecule has 0 saturated carbocycles. The predicted octanol–water partition coefficient (Wildman–Crippen LogP) is 4.10. The fourth-order valence-corrected chi connectivity index (χ4v) is 4.34. The number of nitrogens with zero attached hydrogens (tertiary/aromatic N) is 3. The minimum Gasteiger partial charge on any atom is -0.467 e. The van der Waals surface area contributed by atoms with E-state index in [0.29, 0.717) is 53.2 Å². The average Bonchev–Trinajstić information content (AvgIpc) is 3.00. The number of imidazole rings is 1. The summed E-state index contributed by atoms with van der Waals surface area (Å²) < 4.78 is 24.9. The molecule has 0 spiro atoms. The van der Waals surface area contributed by atoms with E-state index in [1.807, 2.05) is 10.6 Å². The van der Waals surface area contributed by atoms with Crippen LogP contribution in [0.3, 0.4) is 0 Å². The van der Waals surface area contributed by atoms with Gasteiger partial charge in [-0.2, -0.15) is 4.98 Å². The summed E-state index contributed by atoms with van der Waals surface area (Å²) in [5, 5.41) is 0.551. The Morgan fingerprint density at radius 2 is 2.17 bits per heavy atom. The second-order valence-corrected chi connectivity index (χ2v) is 15.5. The zero-order valence-electron chi connectivity index (χ0n) is 17.6. The van der Waals surface area contributed by atoms with Gasteiger partial charge in [-0.05, 0) is 34.7 Å². The van der Waals surface area contributed by atoms with E-state index in [2.05, 4.69) is 52.2 Å². The summed E-state index contributed by atoms with van der Waals surface area (Å²) in [6.07, 6.45) is 0.194. The van der Waals surface area contributed by atoms with Crippen LogP contribution in [0.5, 0.6) is 6.01 Å². The van der Waals surface area contributed by atoms with Gasteiger partial charge in [0, 0.05) is 27.5 Å². The summed E-state index contributed by atoms with van der Waals surface area (Å²) in [4.78, 5) is 20.9. The van der Waals surface area contributed by atoms with Gasteiger partial charge in [-0.25, -0.2) is 9.78 Å². The number of carbonyl (C=O) groups excluding carboxylic acids is 1. The van der Waals surface area contributed by atoms with E-state index < -0.39 is 20.1 Å². The maximum Gasteiger partial charge on any atom is 0.335 e. The molecule has 11 heteroatoms. The van der Waals surface area contributed by atoms with Crippen LogP contribution in [-0.2, 0) is 25.7 Å². The summed E-state index contributed by atoms with van der Waals surface area (Å²) in [5.41, 5.74) is 1.30. The normalized spacial score (nSPS) is 19.8. The number of esters is 1. The molecule has 0 unspecified atom stereocenters. The Hall–Kier alpha value is -0.953. The summed E-state index contributed by atoms with van der Waals surface area (Å²) in [6, 6.07) is 3.29. The molecule has 0 bridgehead atoms. The molecule has 2 atom stereocenters. The molecule has 1 aliphatic rings. The number of aromatic nitrogens is 3. The first-order valence-corrected chi connectivity index (χ1v) is 15.0. The minimum absolute atomic E-state index is 0.227. The smallest absolute Gasteiger partial charge is 0.335 e. The molecule has 0 amide bonds. The van der Waals surface area contributed by atoms with E-state index >= 15 is 0 Å². The van der Waals surface area contributed by atoms with Gasteiger partial charge in [-0.1, -0.05) is 31.2 Å². The van der Waals surface area contributed by atoms with Crippen LogP contribution in [0.25, 0.3) is 11.2 Å². The number of ether oxygens (including phenoxy) is 4. The summed E-state index contributed by atoms with van der Waals surface area (Å²) in [6.45, 7) is 8.31. The van der Waals surface area contributed by atoms with Crippen molar-refractivity contribution in [1.82, 2.24) is 14.5 Å². The Morgan fingerprint density at radius 1 is 1.40 bits per heavy atom. The molecule has 3 heterocycles. The third kappa shape index (κ3) is 6.06. The van der Waals surface area contributed by atoms with Crippen LogP contribution in [0.15, 0.2) is 6.07 Å². The summed E-state index contributed by atoms with van der Waals surface area (Å²) in [5.74, 6) is -0.394. The Kier molecular flexibility index (Phi) is 7.99. The second kappa shape index (κ2) is 10.1. The van der Waals surface area contributed by atoms with Crippen molar-refractivity contribution in [3.63, 3.8) is 0 Å². The standard InChI is InChI=1S/C19H27ClIN3O5Si/c1-26-18(25)15-9-12(5-6-28-15)29-19-23-17-14(10-13(20)16(21)22-17)24(19)11-27-7-8-30(2,3)4/h10,12,15H,5-9,11H2,1-4H3/t12-,15+/m0/s1. The SMILES string of the molecule is COC(=O)[C@H]1C[C@@H](Oc2nc3nc(I)c(Cl)cc3n2COCC[Si](C)(C)C)CCO1. The second-order valence-electron chi connectivity index (χ2n) is 8.42. The van der Waals surface area contributed by atoms with E-state index in [1.54, 1.807) is 0 Å². The van der Waals surface area contributed by atoms with Crippen molar-refractivity contribution in [3.05, 3.63) is 14.8 Å². The molecule has 0 N–H and O–H groups in total. The van der Waals surface area contributed by atoms with Crippen molar-refractivity contribution in [1.29, 1.82) is 0 Å². The molecular formula is C19H27ClIN3O5Si. The molecule has 166 valence electrons. The first kappa shape index (κ1) is 23.7. The average molecular weight is 568 g/mol. The Labute approximate surface area is 195 Å². The van der Waals surface area contributed by atoms with E-state index in [-0.39, 0.29) is 6.10 Å². The highest BCUT2D eigenvalue weighted by atomic mass is 127. The van der Waals surface area contributed by atoms with Crippen LogP contribution in [0, 0.1) is 3.70 Å². The maximum atomic E-state index is 11.8. The lowest BCUT2D eigenvalue weighted by molar-refractivity contribution is -0.160. The number of halogens is 2. The van der Waals surface area contributed by atoms with Crippen molar-refractivity contribution >= 4 is 59.4 Å². The molecule has 0 radical (unpaired) electrons. The third-order valence-corrected chi connectivity index (χ3v) is 7.94. The molecule has 0 aromatic carbocycles. The molecule has 1 aliphatic heterocycles. The molecule has 2 aromatic heterocycles. The van der Waals surface area contributed by atoms with Gasteiger partial charge in [-0.15, -0.1) is 0 Å². The third-order valence-electron chi connectivity index (χ3n) is 4.81. The first-order valence-electron chi connectivity index (χ1n) is 9.84. The summed E-state index contributed by atoms with van der Waals surface area (Å²) >= 11 is 8.38. The zero-order chi connectivity index (χ0) is 21.9. The molecule has 8 nitrogen and oxygen atoms in total. The Morgan fingerprint density at radius 3 is 2.87 bits per heavy atom. The number of rotatable bonds is 8. The van der Waals surface area contributed by atoms with Crippen LogP contribution in [0.4, 0.5) is 0 Å². The number of hydrogen-bond donors (Lipinski definition) is 0. The highest BCUT2D eigenvalue weighted by molar-refractivity contribution is 14.1. The van der Waals surface area contributed by atoms with Gasteiger partial charge >= 0.3 is 12.0 Å². The number of fused-ring (bicyclic) bond motifs is 1. The van der Waals surface area contributed by atoms with E-state index in [1.165, 1.54) is 7.11 Å². The topological polar surface area (TPSA) is 84.7 Å². The Bertz CT molecular complexity index is 904. The molecule has 1 saturated heterocycles. The fraction of sp³-hybridized carbons (Fsp3) is 0.632. The van der Waals surface area contributed by atoms with Crippen LogP contribution in [0.2, 0.25) is 30.7 Å². The highest BCUT2D eigenvalue weighted by Gasteiger charge is 2.31. The molecule has 30 heavy (non-hydrogen) atoms. The first-order chi connectivity index (χ1) is 14.2. The van der Waals surface area contributed by atoms with E-state index in [9.17, 15) is 4.79 Å². The number of pyridine rings is 1. The quantitative estimate of drug-likeness (QED) is 0.156. The largest absolute Gasteiger partial charge is 0.467 e. The molecule has 3 rings (SSSR count). The van der Waals surface area contributed by atoms with Crippen molar-refractivity contribution < 1.29 is 23.7 Å². The van der Waals surface area contributed by atoms with Gasteiger partial charge in [0.05, 0.1) is 24.3 Å². The lowest BCUT2D eigenvalue weighted by atomic mass is 10.1. The van der Waals surface area contributed by atoms with Crippen molar-refractivity contribution in [2.45, 2.75) is 57.5 Å². The Balaban J connectivity index is 1.80. The van der Waals surface area contributed by atoms with E-state index in [0.717, 1.165) is 11.6 Å². The van der Waals surface area contributed by atoms with Crippen LogP contribution in [-0.4, -0.2) is 61.1 Å². The maximum absolute atomic E-state index is 11.8. The van der Waals surface area contributed by atoms with Gasteiger partial charge in [0.1, 0.15) is 16.5 Å². The zero-order valence-corrected chi connectivity index (χ0v) is 21.5. The van der Waals surface area contributed by atoms with Crippen molar-refractivity contribution in [3.8, 4) is 6.01 Å². The molecule has 1 fully saturated rings. The van der Waals surface area contributed by atoms with Gasteiger partial charge in [0.25, 0.3) is 0 Å². The van der Waals surface area contributed by atoms with Crippen LogP contribution >= 0.6 is 34.2 Å². The molecule has 2 aromatic rings. The highest BCUT2D eigenvalue weighted by Crippen LogP contribution is 2.28. The lowest BCUT2D eigenvalue weighted by Crippen LogP contribution is -2.38. The van der Waals surface area contributed by atoms with Crippen molar-refractivity contribution in [2.75, 3.05) is 20.3 Å². The van der Waals surface area contributed by atoms with Crippen LogP contribution < -0.4 is 4.74 Å². The lowest BCUT2D eigenvalue weighted by Gasteiger charge is -2.28. The van der Waals surface area contributed by atoms with E-state index in [4.69, 9.17) is 30.5 Å². The van der Waals surface area contributed by atoms with Gasteiger partial charge in [0.15, 0.2) is 11.8 Å². The summed E-state index contributed by atoms with van der Waals surface area (Å²) in [7, 11) is 0.158. The predicted molar refractivity (Wildman–Crippen MR) is 125 cm³/mol. The number of methoxy groups -OCH3 is 1. The fourth-order valence-electron chi connectivity index (χ4n) is 3.05. The minimum atomic E-state index is -1.19. The van der Waals surface area contributed by atoms with Crippen molar-refractivity contribution in [2.24, 2.45) is 0 Å². The number of hydrogen-bond acceptors (Lipinski definition) is 7. The van der Waals surface area contributed by atoms with Gasteiger partial charge < -0.3 is 18.9 Å².